The van der Waals surface area contributed by atoms with Gasteiger partial charge in [0.25, 0.3) is 0 Å². The molecule has 0 aliphatic carbocycles. The number of rotatable bonds is 2. The van der Waals surface area contributed by atoms with Gasteiger partial charge in [0.05, 0.1) is 5.52 Å². The molecule has 0 fully saturated rings. The van der Waals surface area contributed by atoms with Crippen LogP contribution in [-0.4, -0.2) is 17.0 Å². The van der Waals surface area contributed by atoms with Gasteiger partial charge in [0.1, 0.15) is 23.3 Å². The molecule has 1 aromatic heterocycles. The SMILES string of the molecule is CNc1nc(-c2cc(F)cc(F)c2)nc2ccc(F)cc12. The Balaban J connectivity index is 2.26. The van der Waals surface area contributed by atoms with Crippen molar-refractivity contribution in [1.29, 1.82) is 0 Å². The molecule has 0 atom stereocenters. The van der Waals surface area contributed by atoms with Gasteiger partial charge >= 0.3 is 0 Å². The van der Waals surface area contributed by atoms with Gasteiger partial charge in [-0.05, 0) is 30.3 Å². The maximum absolute atomic E-state index is 13.3. The Bertz CT molecular complexity index is 814. The fourth-order valence-electron chi connectivity index (χ4n) is 2.10. The van der Waals surface area contributed by atoms with Crippen LogP contribution in [-0.2, 0) is 0 Å². The summed E-state index contributed by atoms with van der Waals surface area (Å²) in [6, 6.07) is 7.13. The molecule has 21 heavy (non-hydrogen) atoms. The van der Waals surface area contributed by atoms with E-state index in [2.05, 4.69) is 15.3 Å². The molecule has 0 aliphatic rings. The van der Waals surface area contributed by atoms with Crippen LogP contribution >= 0.6 is 0 Å². The third kappa shape index (κ3) is 2.52. The number of nitrogens with one attached hydrogen (secondary N) is 1. The normalized spacial score (nSPS) is 10.9. The van der Waals surface area contributed by atoms with Gasteiger partial charge in [-0.3, -0.25) is 0 Å². The fraction of sp³-hybridized carbons (Fsp3) is 0.0667. The van der Waals surface area contributed by atoms with Crippen molar-refractivity contribution in [2.75, 3.05) is 12.4 Å². The number of aromatic nitrogens is 2. The van der Waals surface area contributed by atoms with Gasteiger partial charge in [-0.2, -0.15) is 0 Å². The lowest BCUT2D eigenvalue weighted by atomic mass is 10.1. The molecule has 0 amide bonds. The van der Waals surface area contributed by atoms with E-state index in [0.717, 1.165) is 18.2 Å². The molecule has 0 saturated heterocycles. The van der Waals surface area contributed by atoms with Gasteiger partial charge in [0.2, 0.25) is 0 Å². The highest BCUT2D eigenvalue weighted by Gasteiger charge is 2.11. The molecule has 3 aromatic rings. The van der Waals surface area contributed by atoms with Crippen molar-refractivity contribution in [1.82, 2.24) is 9.97 Å². The highest BCUT2D eigenvalue weighted by Crippen LogP contribution is 2.26. The molecular weight excluding hydrogens is 279 g/mol. The molecule has 3 rings (SSSR count). The number of fused-ring (bicyclic) bond motifs is 1. The standard InChI is InChI=1S/C15H10F3N3/c1-19-15-12-7-9(16)2-3-13(12)20-14(21-15)8-4-10(17)6-11(18)5-8/h2-7H,1H3,(H,19,20,21). The molecule has 0 bridgehead atoms. The Morgan fingerprint density at radius 3 is 2.24 bits per heavy atom. The van der Waals surface area contributed by atoms with E-state index in [1.807, 2.05) is 0 Å². The summed E-state index contributed by atoms with van der Waals surface area (Å²) in [6.45, 7) is 0. The number of halogens is 3. The Hall–Kier alpha value is -2.63. The van der Waals surface area contributed by atoms with Crippen molar-refractivity contribution in [3.05, 3.63) is 53.8 Å². The van der Waals surface area contributed by atoms with Crippen LogP contribution in [0.5, 0.6) is 0 Å². The first-order valence-corrected chi connectivity index (χ1v) is 6.18. The van der Waals surface area contributed by atoms with Gasteiger partial charge in [0, 0.05) is 24.1 Å². The number of nitrogens with zero attached hydrogens (tertiary/aromatic N) is 2. The molecule has 2 aromatic carbocycles. The van der Waals surface area contributed by atoms with E-state index in [-0.39, 0.29) is 11.4 Å². The lowest BCUT2D eigenvalue weighted by molar-refractivity contribution is 0.584. The Morgan fingerprint density at radius 1 is 0.857 bits per heavy atom. The minimum atomic E-state index is -0.709. The second kappa shape index (κ2) is 5.05. The third-order valence-corrected chi connectivity index (χ3v) is 3.02. The summed E-state index contributed by atoms with van der Waals surface area (Å²) in [5.74, 6) is -1.28. The number of anilines is 1. The molecule has 1 heterocycles. The predicted molar refractivity (Wildman–Crippen MR) is 74.4 cm³/mol. The Labute approximate surface area is 118 Å². The topological polar surface area (TPSA) is 37.8 Å². The van der Waals surface area contributed by atoms with E-state index in [1.54, 1.807) is 7.05 Å². The maximum Gasteiger partial charge on any atom is 0.162 e. The van der Waals surface area contributed by atoms with Gasteiger partial charge in [-0.15, -0.1) is 0 Å². The molecule has 3 nitrogen and oxygen atoms in total. The summed E-state index contributed by atoms with van der Waals surface area (Å²) in [7, 11) is 1.63. The van der Waals surface area contributed by atoms with Crippen molar-refractivity contribution in [2.45, 2.75) is 0 Å². The lowest BCUT2D eigenvalue weighted by Crippen LogP contribution is -1.99. The minimum absolute atomic E-state index is 0.164. The fourth-order valence-corrected chi connectivity index (χ4v) is 2.10. The first kappa shape index (κ1) is 13.4. The van der Waals surface area contributed by atoms with Crippen molar-refractivity contribution in [2.24, 2.45) is 0 Å². The van der Waals surface area contributed by atoms with Crippen molar-refractivity contribution < 1.29 is 13.2 Å². The van der Waals surface area contributed by atoms with Crippen LogP contribution in [0.15, 0.2) is 36.4 Å². The number of hydrogen-bond acceptors (Lipinski definition) is 3. The first-order valence-electron chi connectivity index (χ1n) is 6.18. The molecule has 0 unspecified atom stereocenters. The Kier molecular flexibility index (Phi) is 3.21. The summed E-state index contributed by atoms with van der Waals surface area (Å²) < 4.78 is 39.9. The second-order valence-corrected chi connectivity index (χ2v) is 4.47. The van der Waals surface area contributed by atoms with Crippen LogP contribution in [0, 0.1) is 17.5 Å². The highest BCUT2D eigenvalue weighted by molar-refractivity contribution is 5.90. The first-order chi connectivity index (χ1) is 10.1. The van der Waals surface area contributed by atoms with Crippen LogP contribution in [0.25, 0.3) is 22.3 Å². The van der Waals surface area contributed by atoms with Gasteiger partial charge in [0.15, 0.2) is 5.82 Å². The molecule has 6 heteroatoms. The summed E-state index contributed by atoms with van der Waals surface area (Å²) >= 11 is 0. The highest BCUT2D eigenvalue weighted by atomic mass is 19.1. The Morgan fingerprint density at radius 2 is 1.57 bits per heavy atom. The zero-order valence-corrected chi connectivity index (χ0v) is 11.0. The van der Waals surface area contributed by atoms with E-state index in [9.17, 15) is 13.2 Å². The molecule has 1 N–H and O–H groups in total. The summed E-state index contributed by atoms with van der Waals surface area (Å²) in [5.41, 5.74) is 0.700. The largest absolute Gasteiger partial charge is 0.373 e. The van der Waals surface area contributed by atoms with E-state index < -0.39 is 17.5 Å². The van der Waals surface area contributed by atoms with Gasteiger partial charge in [-0.25, -0.2) is 23.1 Å². The maximum atomic E-state index is 13.3. The van der Waals surface area contributed by atoms with E-state index in [4.69, 9.17) is 0 Å². The summed E-state index contributed by atoms with van der Waals surface area (Å²) in [5, 5.41) is 3.33. The molecule has 0 aliphatic heterocycles. The number of benzene rings is 2. The smallest absolute Gasteiger partial charge is 0.162 e. The van der Waals surface area contributed by atoms with Gasteiger partial charge < -0.3 is 5.32 Å². The van der Waals surface area contributed by atoms with E-state index in [1.165, 1.54) is 18.2 Å². The molecular formula is C15H10F3N3. The van der Waals surface area contributed by atoms with Crippen LogP contribution in [0.3, 0.4) is 0 Å². The van der Waals surface area contributed by atoms with Crippen LogP contribution in [0.4, 0.5) is 19.0 Å². The molecule has 106 valence electrons. The lowest BCUT2D eigenvalue weighted by Gasteiger charge is -2.08. The second-order valence-electron chi connectivity index (χ2n) is 4.47. The van der Waals surface area contributed by atoms with Crippen molar-refractivity contribution >= 4 is 16.7 Å². The van der Waals surface area contributed by atoms with Crippen LogP contribution in [0.2, 0.25) is 0 Å². The van der Waals surface area contributed by atoms with E-state index in [0.29, 0.717) is 16.7 Å². The van der Waals surface area contributed by atoms with Crippen LogP contribution < -0.4 is 5.32 Å². The predicted octanol–water partition coefficient (Wildman–Crippen LogP) is 3.76. The molecule has 0 saturated carbocycles. The third-order valence-electron chi connectivity index (χ3n) is 3.02. The zero-order chi connectivity index (χ0) is 15.0. The molecule has 0 spiro atoms. The van der Waals surface area contributed by atoms with Crippen molar-refractivity contribution in [3.63, 3.8) is 0 Å². The number of hydrogen-bond donors (Lipinski definition) is 1. The summed E-state index contributed by atoms with van der Waals surface area (Å²) in [4.78, 5) is 8.42. The van der Waals surface area contributed by atoms with Gasteiger partial charge in [-0.1, -0.05) is 0 Å². The summed E-state index contributed by atoms with van der Waals surface area (Å²) in [6.07, 6.45) is 0. The minimum Gasteiger partial charge on any atom is -0.373 e. The quantitative estimate of drug-likeness (QED) is 0.780. The average Bonchev–Trinajstić information content (AvgIpc) is 2.45. The van der Waals surface area contributed by atoms with Crippen molar-refractivity contribution in [3.8, 4) is 11.4 Å². The zero-order valence-electron chi connectivity index (χ0n) is 11.0. The van der Waals surface area contributed by atoms with E-state index >= 15 is 0 Å². The monoisotopic (exact) mass is 289 g/mol. The molecule has 0 radical (unpaired) electrons. The average molecular weight is 289 g/mol. The van der Waals surface area contributed by atoms with Crippen LogP contribution in [0.1, 0.15) is 0 Å².